The summed E-state index contributed by atoms with van der Waals surface area (Å²) in [6.07, 6.45) is -9.50. The molecule has 1 fully saturated rings. The fraction of sp³-hybridized carbons (Fsp3) is 0.435. The first-order valence-corrected chi connectivity index (χ1v) is 10.3. The number of carbonyl (C=O) groups is 1. The highest BCUT2D eigenvalue weighted by Gasteiger charge is 2.37. The minimum absolute atomic E-state index is 0.00760. The zero-order chi connectivity index (χ0) is 24.2. The standard InChI is InChI=1S/C23H24F6N2O2/c1-33-21(32)12-16-2-4-17(5-3-16)14-30-6-8-31(9-7-30)15-18-10-19(22(24,25)26)13-20(11-18)23(27,28)29/h2-5,10-11,13H,6-9,12,14-15H2,1H3. The van der Waals surface area contributed by atoms with Crippen LogP contribution in [0, 0.1) is 0 Å². The van der Waals surface area contributed by atoms with Crippen molar-refractivity contribution in [1.29, 1.82) is 0 Å². The first-order chi connectivity index (χ1) is 15.4. The molecule has 3 rings (SSSR count). The lowest BCUT2D eigenvalue weighted by Gasteiger charge is -2.35. The minimum atomic E-state index is -4.85. The zero-order valence-corrected chi connectivity index (χ0v) is 18.0. The number of piperazine rings is 1. The Balaban J connectivity index is 1.58. The molecule has 1 aliphatic rings. The van der Waals surface area contributed by atoms with Gasteiger partial charge in [0, 0.05) is 39.3 Å². The Labute approximate surface area is 187 Å². The Morgan fingerprint density at radius 3 is 1.61 bits per heavy atom. The van der Waals surface area contributed by atoms with Crippen molar-refractivity contribution in [3.63, 3.8) is 0 Å². The van der Waals surface area contributed by atoms with Crippen molar-refractivity contribution in [3.8, 4) is 0 Å². The topological polar surface area (TPSA) is 32.8 Å². The van der Waals surface area contributed by atoms with E-state index in [1.165, 1.54) is 7.11 Å². The van der Waals surface area contributed by atoms with Crippen molar-refractivity contribution in [2.24, 2.45) is 0 Å². The summed E-state index contributed by atoms with van der Waals surface area (Å²) in [5.74, 6) is -0.318. The molecule has 0 aromatic heterocycles. The summed E-state index contributed by atoms with van der Waals surface area (Å²) in [7, 11) is 1.33. The maximum atomic E-state index is 13.1. The zero-order valence-electron chi connectivity index (χ0n) is 18.0. The molecular weight excluding hydrogens is 450 g/mol. The van der Waals surface area contributed by atoms with Gasteiger partial charge >= 0.3 is 18.3 Å². The van der Waals surface area contributed by atoms with Gasteiger partial charge in [0.1, 0.15) is 0 Å². The van der Waals surface area contributed by atoms with Crippen LogP contribution in [0.2, 0.25) is 0 Å². The summed E-state index contributed by atoms with van der Waals surface area (Å²) in [4.78, 5) is 15.4. The number of hydrogen-bond acceptors (Lipinski definition) is 4. The summed E-state index contributed by atoms with van der Waals surface area (Å²) in [6, 6.07) is 9.29. The van der Waals surface area contributed by atoms with Crippen LogP contribution in [-0.2, 0) is 41.4 Å². The second-order valence-electron chi connectivity index (χ2n) is 8.04. The summed E-state index contributed by atoms with van der Waals surface area (Å²) >= 11 is 0. The van der Waals surface area contributed by atoms with Crippen molar-refractivity contribution in [2.45, 2.75) is 31.9 Å². The van der Waals surface area contributed by atoms with Gasteiger partial charge in [-0.1, -0.05) is 24.3 Å². The first-order valence-electron chi connectivity index (χ1n) is 10.3. The maximum Gasteiger partial charge on any atom is 0.416 e. The van der Waals surface area contributed by atoms with Gasteiger partial charge in [-0.25, -0.2) is 0 Å². The van der Waals surface area contributed by atoms with Crippen molar-refractivity contribution in [3.05, 3.63) is 70.3 Å². The summed E-state index contributed by atoms with van der Waals surface area (Å²) < 4.78 is 83.0. The number of ether oxygens (including phenoxy) is 1. The van der Waals surface area contributed by atoms with Crippen LogP contribution in [0.5, 0.6) is 0 Å². The molecule has 0 bridgehead atoms. The Kier molecular flexibility index (Phi) is 7.69. The molecule has 0 N–H and O–H groups in total. The maximum absolute atomic E-state index is 13.1. The van der Waals surface area contributed by atoms with E-state index < -0.39 is 23.5 Å². The molecule has 0 saturated carbocycles. The van der Waals surface area contributed by atoms with E-state index in [9.17, 15) is 31.1 Å². The molecule has 0 aliphatic carbocycles. The third-order valence-electron chi connectivity index (χ3n) is 5.52. The van der Waals surface area contributed by atoms with Crippen LogP contribution in [0.25, 0.3) is 0 Å². The Morgan fingerprint density at radius 1 is 0.758 bits per heavy atom. The second kappa shape index (κ2) is 10.1. The smallest absolute Gasteiger partial charge is 0.416 e. The first kappa shape index (κ1) is 25.0. The number of halogens is 6. The van der Waals surface area contributed by atoms with Crippen molar-refractivity contribution in [2.75, 3.05) is 33.3 Å². The van der Waals surface area contributed by atoms with Gasteiger partial charge < -0.3 is 4.74 Å². The van der Waals surface area contributed by atoms with E-state index in [1.54, 1.807) is 0 Å². The number of carbonyl (C=O) groups excluding carboxylic acids is 1. The number of benzene rings is 2. The Bertz CT molecular complexity index is 917. The third kappa shape index (κ3) is 7.20. The molecule has 2 aromatic carbocycles. The average Bonchev–Trinajstić information content (AvgIpc) is 2.75. The van der Waals surface area contributed by atoms with Gasteiger partial charge in [0.2, 0.25) is 0 Å². The molecule has 180 valence electrons. The van der Waals surface area contributed by atoms with Crippen LogP contribution in [0.1, 0.15) is 27.8 Å². The van der Waals surface area contributed by atoms with Crippen LogP contribution in [0.4, 0.5) is 26.3 Å². The number of methoxy groups -OCH3 is 1. The molecule has 0 amide bonds. The van der Waals surface area contributed by atoms with Crippen LogP contribution in [0.15, 0.2) is 42.5 Å². The highest BCUT2D eigenvalue weighted by molar-refractivity contribution is 5.72. The van der Waals surface area contributed by atoms with E-state index in [0.29, 0.717) is 32.7 Å². The van der Waals surface area contributed by atoms with Gasteiger partial charge in [0.05, 0.1) is 24.7 Å². The number of esters is 1. The van der Waals surface area contributed by atoms with Gasteiger partial charge in [-0.15, -0.1) is 0 Å². The summed E-state index contributed by atoms with van der Waals surface area (Å²) in [5, 5.41) is 0. The SMILES string of the molecule is COC(=O)Cc1ccc(CN2CCN(Cc3cc(C(F)(F)F)cc(C(F)(F)F)c3)CC2)cc1. The third-order valence-corrected chi connectivity index (χ3v) is 5.52. The van der Waals surface area contributed by atoms with Crippen LogP contribution in [0.3, 0.4) is 0 Å². The van der Waals surface area contributed by atoms with Gasteiger partial charge in [-0.2, -0.15) is 26.3 Å². The molecule has 2 aromatic rings. The number of nitrogens with zero attached hydrogens (tertiary/aromatic N) is 2. The van der Waals surface area contributed by atoms with Gasteiger partial charge in [0.25, 0.3) is 0 Å². The summed E-state index contributed by atoms with van der Waals surface area (Å²) in [5.41, 5.74) is -0.700. The van der Waals surface area contributed by atoms with E-state index in [0.717, 1.165) is 23.3 Å². The normalized spacial score (nSPS) is 16.1. The molecule has 1 aliphatic heterocycles. The van der Waals surface area contributed by atoms with Crippen molar-refractivity contribution < 1.29 is 35.9 Å². The molecule has 1 saturated heterocycles. The van der Waals surface area contributed by atoms with Crippen LogP contribution in [-0.4, -0.2) is 49.1 Å². The Hall–Kier alpha value is -2.59. The van der Waals surface area contributed by atoms with E-state index in [2.05, 4.69) is 9.64 Å². The van der Waals surface area contributed by atoms with E-state index in [-0.39, 0.29) is 30.6 Å². The lowest BCUT2D eigenvalue weighted by atomic mass is 10.0. The van der Waals surface area contributed by atoms with E-state index in [1.807, 2.05) is 29.2 Å². The molecule has 0 radical (unpaired) electrons. The predicted molar refractivity (Wildman–Crippen MR) is 109 cm³/mol. The van der Waals surface area contributed by atoms with Crippen molar-refractivity contribution in [1.82, 2.24) is 9.80 Å². The number of hydrogen-bond donors (Lipinski definition) is 0. The molecule has 33 heavy (non-hydrogen) atoms. The van der Waals surface area contributed by atoms with Gasteiger partial charge in [-0.3, -0.25) is 14.6 Å². The van der Waals surface area contributed by atoms with Gasteiger partial charge in [0.15, 0.2) is 0 Å². The molecular formula is C23H24F6N2O2. The molecule has 10 heteroatoms. The number of alkyl halides is 6. The average molecular weight is 474 g/mol. The molecule has 0 unspecified atom stereocenters. The lowest BCUT2D eigenvalue weighted by Crippen LogP contribution is -2.45. The predicted octanol–water partition coefficient (Wildman–Crippen LogP) is 4.76. The van der Waals surface area contributed by atoms with E-state index >= 15 is 0 Å². The number of rotatable bonds is 6. The molecule has 4 nitrogen and oxygen atoms in total. The molecule has 1 heterocycles. The van der Waals surface area contributed by atoms with Crippen molar-refractivity contribution >= 4 is 5.97 Å². The fourth-order valence-corrected chi connectivity index (χ4v) is 3.73. The van der Waals surface area contributed by atoms with E-state index in [4.69, 9.17) is 0 Å². The largest absolute Gasteiger partial charge is 0.469 e. The highest BCUT2D eigenvalue weighted by Crippen LogP contribution is 2.36. The second-order valence-corrected chi connectivity index (χ2v) is 8.04. The van der Waals surface area contributed by atoms with Gasteiger partial charge in [-0.05, 0) is 34.9 Å². The molecule has 0 atom stereocenters. The Morgan fingerprint density at radius 2 is 1.18 bits per heavy atom. The minimum Gasteiger partial charge on any atom is -0.469 e. The van der Waals surface area contributed by atoms with Crippen LogP contribution >= 0.6 is 0 Å². The molecule has 0 spiro atoms. The monoisotopic (exact) mass is 474 g/mol. The lowest BCUT2D eigenvalue weighted by molar-refractivity contribution is -0.143. The fourth-order valence-electron chi connectivity index (χ4n) is 3.73. The quantitative estimate of drug-likeness (QED) is 0.447. The van der Waals surface area contributed by atoms with Crippen LogP contribution < -0.4 is 0 Å². The summed E-state index contributed by atoms with van der Waals surface area (Å²) in [6.45, 7) is 3.00. The highest BCUT2D eigenvalue weighted by atomic mass is 19.4.